The lowest BCUT2D eigenvalue weighted by atomic mass is 10.2. The van der Waals surface area contributed by atoms with Gasteiger partial charge in [0.05, 0.1) is 5.69 Å². The van der Waals surface area contributed by atoms with Gasteiger partial charge >= 0.3 is 0 Å². The first-order valence-corrected chi connectivity index (χ1v) is 5.22. The predicted octanol–water partition coefficient (Wildman–Crippen LogP) is 3.16. The fourth-order valence-electron chi connectivity index (χ4n) is 1.51. The number of aryl methyl sites for hydroxylation is 2. The van der Waals surface area contributed by atoms with Crippen molar-refractivity contribution in [3.8, 4) is 11.4 Å². The number of benzene rings is 1. The molecule has 0 atom stereocenters. The van der Waals surface area contributed by atoms with Crippen LogP contribution >= 0.6 is 15.9 Å². The van der Waals surface area contributed by atoms with Crippen LogP contribution in [0.4, 0.5) is 0 Å². The summed E-state index contributed by atoms with van der Waals surface area (Å²) >= 11 is 3.45. The highest BCUT2D eigenvalue weighted by Crippen LogP contribution is 2.21. The molecule has 1 heterocycles. The average molecular weight is 251 g/mol. The molecule has 0 unspecified atom stereocenters. The highest BCUT2D eigenvalue weighted by Gasteiger charge is 2.04. The molecule has 2 nitrogen and oxygen atoms in total. The molecule has 0 spiro atoms. The molecule has 2 aromatic rings. The van der Waals surface area contributed by atoms with Gasteiger partial charge in [0.15, 0.2) is 0 Å². The van der Waals surface area contributed by atoms with Gasteiger partial charge in [0.25, 0.3) is 0 Å². The molecule has 1 aromatic heterocycles. The molecule has 1 aromatic carbocycles. The van der Waals surface area contributed by atoms with E-state index >= 15 is 0 Å². The molecule has 0 fully saturated rings. The first kappa shape index (κ1) is 9.46. The van der Waals surface area contributed by atoms with E-state index in [-0.39, 0.29) is 0 Å². The molecule has 0 aliphatic heterocycles. The third-order valence-electron chi connectivity index (χ3n) is 2.08. The Bertz CT molecular complexity index is 460. The molecule has 72 valence electrons. The summed E-state index contributed by atoms with van der Waals surface area (Å²) in [6.07, 6.45) is 2.02. The van der Waals surface area contributed by atoms with E-state index in [9.17, 15) is 0 Å². The molecule has 3 heteroatoms. The maximum Gasteiger partial charge on any atom is 0.139 e. The summed E-state index contributed by atoms with van der Waals surface area (Å²) in [6.45, 7) is 2.00. The Morgan fingerprint density at radius 3 is 2.71 bits per heavy atom. The molecule has 14 heavy (non-hydrogen) atoms. The molecule has 0 radical (unpaired) electrons. The maximum atomic E-state index is 4.46. The molecule has 0 aliphatic rings. The third kappa shape index (κ3) is 1.73. The van der Waals surface area contributed by atoms with Crippen LogP contribution in [0, 0.1) is 6.92 Å². The predicted molar refractivity (Wildman–Crippen MR) is 61.1 cm³/mol. The molecule has 0 saturated carbocycles. The Morgan fingerprint density at radius 2 is 2.14 bits per heavy atom. The number of nitrogens with zero attached hydrogens (tertiary/aromatic N) is 2. The zero-order valence-corrected chi connectivity index (χ0v) is 9.75. The van der Waals surface area contributed by atoms with Gasteiger partial charge in [0.1, 0.15) is 5.82 Å². The Balaban J connectivity index is 2.54. The summed E-state index contributed by atoms with van der Waals surface area (Å²) in [5.74, 6) is 1.00. The monoisotopic (exact) mass is 250 g/mol. The van der Waals surface area contributed by atoms with Gasteiger partial charge in [-0.1, -0.05) is 28.1 Å². The van der Waals surface area contributed by atoms with Crippen LogP contribution in [0.15, 0.2) is 34.9 Å². The van der Waals surface area contributed by atoms with Gasteiger partial charge in [-0.3, -0.25) is 0 Å². The minimum atomic E-state index is 1.00. The van der Waals surface area contributed by atoms with Crippen molar-refractivity contribution in [3.63, 3.8) is 0 Å². The Kier molecular flexibility index (Phi) is 2.42. The molecular weight excluding hydrogens is 240 g/mol. The summed E-state index contributed by atoms with van der Waals surface area (Å²) in [4.78, 5) is 4.46. The van der Waals surface area contributed by atoms with Crippen LogP contribution in [-0.4, -0.2) is 9.55 Å². The van der Waals surface area contributed by atoms with E-state index in [1.807, 2.05) is 36.9 Å². The van der Waals surface area contributed by atoms with Crippen molar-refractivity contribution in [1.29, 1.82) is 0 Å². The van der Waals surface area contributed by atoms with Crippen LogP contribution in [0.1, 0.15) is 5.69 Å². The van der Waals surface area contributed by atoms with Crippen LogP contribution < -0.4 is 0 Å². The standard InChI is InChI=1S/C11H11BrN2/c1-8-7-14(2)11(13-8)9-4-3-5-10(12)6-9/h3-7H,1-2H3. The molecular formula is C11H11BrN2. The number of aromatic nitrogens is 2. The lowest BCUT2D eigenvalue weighted by molar-refractivity contribution is 0.924. The Hall–Kier alpha value is -1.09. The van der Waals surface area contributed by atoms with Gasteiger partial charge in [0, 0.05) is 23.3 Å². The quantitative estimate of drug-likeness (QED) is 0.761. The summed E-state index contributed by atoms with van der Waals surface area (Å²) < 4.78 is 3.12. The van der Waals surface area contributed by atoms with Gasteiger partial charge < -0.3 is 4.57 Å². The van der Waals surface area contributed by atoms with Gasteiger partial charge in [-0.2, -0.15) is 0 Å². The molecule has 0 amide bonds. The van der Waals surface area contributed by atoms with Crippen LogP contribution in [0.2, 0.25) is 0 Å². The molecule has 2 rings (SSSR count). The van der Waals surface area contributed by atoms with Gasteiger partial charge in [-0.15, -0.1) is 0 Å². The number of imidazole rings is 1. The second kappa shape index (κ2) is 3.58. The summed E-state index contributed by atoms with van der Waals surface area (Å²) in [5.41, 5.74) is 2.18. The zero-order chi connectivity index (χ0) is 10.1. The number of hydrogen-bond acceptors (Lipinski definition) is 1. The minimum Gasteiger partial charge on any atom is -0.334 e. The van der Waals surface area contributed by atoms with Crippen molar-refractivity contribution < 1.29 is 0 Å². The van der Waals surface area contributed by atoms with Crippen LogP contribution in [-0.2, 0) is 7.05 Å². The smallest absolute Gasteiger partial charge is 0.139 e. The van der Waals surface area contributed by atoms with Crippen LogP contribution in [0.5, 0.6) is 0 Å². The maximum absolute atomic E-state index is 4.46. The van der Waals surface area contributed by atoms with E-state index in [2.05, 4.69) is 33.0 Å². The van der Waals surface area contributed by atoms with E-state index < -0.39 is 0 Å². The van der Waals surface area contributed by atoms with Crippen molar-refractivity contribution in [2.75, 3.05) is 0 Å². The zero-order valence-electron chi connectivity index (χ0n) is 8.16. The van der Waals surface area contributed by atoms with Gasteiger partial charge in [0.2, 0.25) is 0 Å². The van der Waals surface area contributed by atoms with Crippen molar-refractivity contribution >= 4 is 15.9 Å². The highest BCUT2D eigenvalue weighted by atomic mass is 79.9. The summed E-state index contributed by atoms with van der Waals surface area (Å²) in [7, 11) is 2.01. The normalized spacial score (nSPS) is 10.5. The Morgan fingerprint density at radius 1 is 1.36 bits per heavy atom. The molecule has 0 N–H and O–H groups in total. The van der Waals surface area contributed by atoms with E-state index in [1.165, 1.54) is 0 Å². The summed E-state index contributed by atoms with van der Waals surface area (Å²) in [6, 6.07) is 8.16. The van der Waals surface area contributed by atoms with E-state index in [4.69, 9.17) is 0 Å². The SMILES string of the molecule is Cc1cn(C)c(-c2cccc(Br)c2)n1. The third-order valence-corrected chi connectivity index (χ3v) is 2.57. The average Bonchev–Trinajstić information content (AvgIpc) is 2.45. The number of hydrogen-bond donors (Lipinski definition) is 0. The van der Waals surface area contributed by atoms with E-state index in [1.54, 1.807) is 0 Å². The first-order valence-electron chi connectivity index (χ1n) is 4.43. The summed E-state index contributed by atoms with van der Waals surface area (Å²) in [5, 5.41) is 0. The highest BCUT2D eigenvalue weighted by molar-refractivity contribution is 9.10. The topological polar surface area (TPSA) is 17.8 Å². The van der Waals surface area contributed by atoms with E-state index in [0.29, 0.717) is 0 Å². The van der Waals surface area contributed by atoms with Crippen molar-refractivity contribution in [2.45, 2.75) is 6.92 Å². The van der Waals surface area contributed by atoms with Crippen molar-refractivity contribution in [2.24, 2.45) is 7.05 Å². The lowest BCUT2D eigenvalue weighted by Gasteiger charge is -2.01. The molecule has 0 aliphatic carbocycles. The largest absolute Gasteiger partial charge is 0.334 e. The first-order chi connectivity index (χ1) is 6.66. The van der Waals surface area contributed by atoms with Crippen molar-refractivity contribution in [3.05, 3.63) is 40.6 Å². The van der Waals surface area contributed by atoms with E-state index in [0.717, 1.165) is 21.6 Å². The van der Waals surface area contributed by atoms with Crippen LogP contribution in [0.3, 0.4) is 0 Å². The minimum absolute atomic E-state index is 1.00. The van der Waals surface area contributed by atoms with Crippen LogP contribution in [0.25, 0.3) is 11.4 Å². The second-order valence-corrected chi connectivity index (χ2v) is 4.24. The fourth-order valence-corrected chi connectivity index (χ4v) is 1.91. The lowest BCUT2D eigenvalue weighted by Crippen LogP contribution is -1.90. The van der Waals surface area contributed by atoms with Gasteiger partial charge in [-0.05, 0) is 19.1 Å². The van der Waals surface area contributed by atoms with Crippen molar-refractivity contribution in [1.82, 2.24) is 9.55 Å². The second-order valence-electron chi connectivity index (χ2n) is 3.33. The number of halogens is 1. The fraction of sp³-hybridized carbons (Fsp3) is 0.182. The Labute approximate surface area is 91.7 Å². The molecule has 0 saturated heterocycles. The number of rotatable bonds is 1. The molecule has 0 bridgehead atoms. The van der Waals surface area contributed by atoms with Gasteiger partial charge in [-0.25, -0.2) is 4.98 Å².